The molecule has 0 fully saturated rings. The Balaban J connectivity index is 1.53. The summed E-state index contributed by atoms with van der Waals surface area (Å²) in [6.07, 6.45) is 2.41. The first kappa shape index (κ1) is 19.2. The van der Waals surface area contributed by atoms with Crippen LogP contribution >= 0.6 is 0 Å². The first-order chi connectivity index (χ1) is 13.6. The second kappa shape index (κ2) is 8.90. The SMILES string of the molecule is COc1ccc2[nH]c(C(=O)NCCCC(=O)Nc3ccccn3)cc2c1OC. The Morgan fingerprint density at radius 1 is 1.14 bits per heavy atom. The molecular weight excluding hydrogens is 360 g/mol. The number of benzene rings is 1. The molecule has 0 aliphatic heterocycles. The first-order valence-electron chi connectivity index (χ1n) is 8.85. The monoisotopic (exact) mass is 382 g/mol. The summed E-state index contributed by atoms with van der Waals surface area (Å²) in [7, 11) is 3.12. The van der Waals surface area contributed by atoms with Crippen LogP contribution in [-0.2, 0) is 4.79 Å². The van der Waals surface area contributed by atoms with Gasteiger partial charge in [0.05, 0.1) is 19.7 Å². The van der Waals surface area contributed by atoms with Crippen LogP contribution < -0.4 is 20.1 Å². The van der Waals surface area contributed by atoms with E-state index in [0.717, 1.165) is 10.9 Å². The molecule has 1 aromatic carbocycles. The van der Waals surface area contributed by atoms with Gasteiger partial charge >= 0.3 is 0 Å². The van der Waals surface area contributed by atoms with Crippen LogP contribution in [0.3, 0.4) is 0 Å². The minimum absolute atomic E-state index is 0.143. The van der Waals surface area contributed by atoms with Gasteiger partial charge in [-0.15, -0.1) is 0 Å². The van der Waals surface area contributed by atoms with E-state index in [1.54, 1.807) is 50.7 Å². The van der Waals surface area contributed by atoms with Crippen molar-refractivity contribution in [1.29, 1.82) is 0 Å². The molecule has 0 atom stereocenters. The molecule has 2 amide bonds. The maximum absolute atomic E-state index is 12.4. The lowest BCUT2D eigenvalue weighted by molar-refractivity contribution is -0.116. The zero-order valence-corrected chi connectivity index (χ0v) is 15.7. The number of aromatic amines is 1. The van der Waals surface area contributed by atoms with Crippen molar-refractivity contribution in [3.05, 3.63) is 48.3 Å². The fraction of sp³-hybridized carbons (Fsp3) is 0.250. The van der Waals surface area contributed by atoms with Crippen LogP contribution in [0.15, 0.2) is 42.6 Å². The topological polar surface area (TPSA) is 105 Å². The maximum atomic E-state index is 12.4. The van der Waals surface area contributed by atoms with E-state index in [0.29, 0.717) is 36.0 Å². The zero-order valence-electron chi connectivity index (χ0n) is 15.7. The van der Waals surface area contributed by atoms with Gasteiger partial charge < -0.3 is 25.1 Å². The van der Waals surface area contributed by atoms with E-state index in [9.17, 15) is 9.59 Å². The number of carbonyl (C=O) groups is 2. The van der Waals surface area contributed by atoms with Gasteiger partial charge in [-0.2, -0.15) is 0 Å². The number of methoxy groups -OCH3 is 2. The number of ether oxygens (including phenoxy) is 2. The highest BCUT2D eigenvalue weighted by Crippen LogP contribution is 2.35. The number of carbonyl (C=O) groups excluding carboxylic acids is 2. The lowest BCUT2D eigenvalue weighted by Gasteiger charge is -2.07. The van der Waals surface area contributed by atoms with E-state index in [4.69, 9.17) is 9.47 Å². The van der Waals surface area contributed by atoms with Crippen molar-refractivity contribution >= 4 is 28.5 Å². The van der Waals surface area contributed by atoms with Crippen LogP contribution in [0.25, 0.3) is 10.9 Å². The number of anilines is 1. The van der Waals surface area contributed by atoms with Crippen molar-refractivity contribution in [2.45, 2.75) is 12.8 Å². The van der Waals surface area contributed by atoms with E-state index in [2.05, 4.69) is 20.6 Å². The number of nitrogens with zero attached hydrogens (tertiary/aromatic N) is 1. The van der Waals surface area contributed by atoms with Gasteiger partial charge in [0.15, 0.2) is 11.5 Å². The smallest absolute Gasteiger partial charge is 0.267 e. The fourth-order valence-corrected chi connectivity index (χ4v) is 2.84. The number of pyridine rings is 1. The molecule has 0 spiro atoms. The van der Waals surface area contributed by atoms with Gasteiger partial charge in [-0.05, 0) is 36.8 Å². The Bertz CT molecular complexity index is 969. The summed E-state index contributed by atoms with van der Waals surface area (Å²) >= 11 is 0. The van der Waals surface area contributed by atoms with Crippen LogP contribution in [0.1, 0.15) is 23.3 Å². The number of nitrogens with one attached hydrogen (secondary N) is 3. The standard InChI is InChI=1S/C20H22N4O4/c1-27-16-9-8-14-13(19(16)28-2)12-15(23-14)20(26)22-11-5-7-18(25)24-17-6-3-4-10-21-17/h3-4,6,8-10,12,23H,5,7,11H2,1-2H3,(H,22,26)(H,21,24,25). The molecule has 8 nitrogen and oxygen atoms in total. The minimum atomic E-state index is -0.248. The highest BCUT2D eigenvalue weighted by atomic mass is 16.5. The molecule has 28 heavy (non-hydrogen) atoms. The number of fused-ring (bicyclic) bond motifs is 1. The highest BCUT2D eigenvalue weighted by Gasteiger charge is 2.15. The van der Waals surface area contributed by atoms with Crippen molar-refractivity contribution in [1.82, 2.24) is 15.3 Å². The summed E-state index contributed by atoms with van der Waals surface area (Å²) in [5, 5.41) is 6.28. The lowest BCUT2D eigenvalue weighted by Crippen LogP contribution is -2.25. The normalized spacial score (nSPS) is 10.5. The third-order valence-electron chi connectivity index (χ3n) is 4.19. The Hall–Kier alpha value is -3.55. The molecule has 146 valence electrons. The van der Waals surface area contributed by atoms with Gasteiger partial charge in [0, 0.05) is 24.5 Å². The summed E-state index contributed by atoms with van der Waals surface area (Å²) in [6, 6.07) is 10.6. The number of hydrogen-bond acceptors (Lipinski definition) is 5. The fourth-order valence-electron chi connectivity index (χ4n) is 2.84. The molecule has 0 saturated carbocycles. The van der Waals surface area contributed by atoms with Crippen LogP contribution in [0.2, 0.25) is 0 Å². The number of amides is 2. The average molecular weight is 382 g/mol. The molecule has 0 unspecified atom stereocenters. The lowest BCUT2D eigenvalue weighted by atomic mass is 10.2. The van der Waals surface area contributed by atoms with Crippen molar-refractivity contribution in [3.8, 4) is 11.5 Å². The molecule has 2 heterocycles. The Morgan fingerprint density at radius 2 is 2.00 bits per heavy atom. The van der Waals surface area contributed by atoms with Gasteiger partial charge in [-0.25, -0.2) is 4.98 Å². The van der Waals surface area contributed by atoms with Gasteiger partial charge in [0.2, 0.25) is 5.91 Å². The van der Waals surface area contributed by atoms with Crippen LogP contribution in [-0.4, -0.2) is 42.5 Å². The highest BCUT2D eigenvalue weighted by molar-refractivity contribution is 6.00. The molecule has 0 radical (unpaired) electrons. The van der Waals surface area contributed by atoms with Gasteiger partial charge in [-0.3, -0.25) is 9.59 Å². The molecule has 3 N–H and O–H groups in total. The number of rotatable bonds is 8. The number of hydrogen-bond donors (Lipinski definition) is 3. The van der Waals surface area contributed by atoms with Crippen LogP contribution in [0, 0.1) is 0 Å². The minimum Gasteiger partial charge on any atom is -0.493 e. The molecule has 0 saturated heterocycles. The number of aromatic nitrogens is 2. The summed E-state index contributed by atoms with van der Waals surface area (Å²) in [5.74, 6) is 1.29. The maximum Gasteiger partial charge on any atom is 0.267 e. The van der Waals surface area contributed by atoms with E-state index in [1.807, 2.05) is 6.07 Å². The molecule has 3 rings (SSSR count). The van der Waals surface area contributed by atoms with E-state index >= 15 is 0 Å². The third-order valence-corrected chi connectivity index (χ3v) is 4.19. The Labute approximate surface area is 162 Å². The Kier molecular flexibility index (Phi) is 6.11. The summed E-state index contributed by atoms with van der Waals surface area (Å²) in [4.78, 5) is 31.4. The van der Waals surface area contributed by atoms with Crippen molar-refractivity contribution in [2.24, 2.45) is 0 Å². The quantitative estimate of drug-likeness (QED) is 0.520. The first-order valence-corrected chi connectivity index (χ1v) is 8.85. The van der Waals surface area contributed by atoms with Crippen molar-refractivity contribution < 1.29 is 19.1 Å². The zero-order chi connectivity index (χ0) is 19.9. The van der Waals surface area contributed by atoms with E-state index in [1.165, 1.54) is 0 Å². The largest absolute Gasteiger partial charge is 0.493 e. The molecule has 0 aliphatic rings. The third kappa shape index (κ3) is 4.40. The second-order valence-electron chi connectivity index (χ2n) is 6.07. The van der Waals surface area contributed by atoms with E-state index < -0.39 is 0 Å². The second-order valence-corrected chi connectivity index (χ2v) is 6.07. The summed E-state index contributed by atoms with van der Waals surface area (Å²) in [5.41, 5.74) is 1.19. The van der Waals surface area contributed by atoms with E-state index in [-0.39, 0.29) is 18.2 Å². The predicted octanol–water partition coefficient (Wildman–Crippen LogP) is 2.73. The summed E-state index contributed by atoms with van der Waals surface area (Å²) in [6.45, 7) is 0.379. The van der Waals surface area contributed by atoms with Crippen LogP contribution in [0.5, 0.6) is 11.5 Å². The molecule has 0 bridgehead atoms. The average Bonchev–Trinajstić information content (AvgIpc) is 3.15. The van der Waals surface area contributed by atoms with Gasteiger partial charge in [0.1, 0.15) is 11.5 Å². The predicted molar refractivity (Wildman–Crippen MR) is 106 cm³/mol. The molecule has 2 aromatic heterocycles. The molecular formula is C20H22N4O4. The summed E-state index contributed by atoms with van der Waals surface area (Å²) < 4.78 is 10.7. The molecule has 3 aromatic rings. The van der Waals surface area contributed by atoms with Crippen LogP contribution in [0.4, 0.5) is 5.82 Å². The van der Waals surface area contributed by atoms with Crippen molar-refractivity contribution in [2.75, 3.05) is 26.1 Å². The molecule has 0 aliphatic carbocycles. The van der Waals surface area contributed by atoms with Crippen molar-refractivity contribution in [3.63, 3.8) is 0 Å². The Morgan fingerprint density at radius 3 is 2.71 bits per heavy atom. The molecule has 8 heteroatoms. The van der Waals surface area contributed by atoms with Gasteiger partial charge in [-0.1, -0.05) is 6.07 Å². The number of H-pyrrole nitrogens is 1. The van der Waals surface area contributed by atoms with Gasteiger partial charge in [0.25, 0.3) is 5.91 Å².